The Labute approximate surface area is 111 Å². The van der Waals surface area contributed by atoms with Crippen molar-refractivity contribution in [3.8, 4) is 5.75 Å². The Morgan fingerprint density at radius 1 is 1.24 bits per heavy atom. The molecule has 0 saturated heterocycles. The fraction of sp³-hybridized carbons (Fsp3) is 0.462. The number of carbonyl (C=O) groups is 1. The summed E-state index contributed by atoms with van der Waals surface area (Å²) >= 11 is 3.58. The van der Waals surface area contributed by atoms with Gasteiger partial charge in [-0.1, -0.05) is 15.9 Å². The maximum atomic E-state index is 11.0. The zero-order chi connectivity index (χ0) is 13.2. The van der Waals surface area contributed by atoms with Crippen LogP contribution >= 0.6 is 15.9 Å². The number of benzene rings is 1. The van der Waals surface area contributed by atoms with Gasteiger partial charge in [0.05, 0.1) is 7.11 Å². The summed E-state index contributed by atoms with van der Waals surface area (Å²) in [5, 5.41) is 2.81. The highest BCUT2D eigenvalue weighted by Gasteiger charge is 2.16. The number of nitrogens with one attached hydrogen (secondary N) is 1. The van der Waals surface area contributed by atoms with Crippen molar-refractivity contribution in [2.24, 2.45) is 0 Å². The number of ether oxygens (including phenoxy) is 1. The Bertz CT molecular complexity index is 455. The van der Waals surface area contributed by atoms with Gasteiger partial charge in [-0.2, -0.15) is 0 Å². The summed E-state index contributed by atoms with van der Waals surface area (Å²) in [6.45, 7) is 8.10. The molecule has 0 unspecified atom stereocenters. The molecule has 1 aromatic rings. The molecule has 3 nitrogen and oxygen atoms in total. The topological polar surface area (TPSA) is 38.3 Å². The van der Waals surface area contributed by atoms with Crippen molar-refractivity contribution in [2.45, 2.75) is 34.2 Å². The van der Waals surface area contributed by atoms with Crippen LogP contribution in [0.5, 0.6) is 5.75 Å². The van der Waals surface area contributed by atoms with Crippen LogP contribution in [0.3, 0.4) is 0 Å². The van der Waals surface area contributed by atoms with Crippen molar-refractivity contribution in [2.75, 3.05) is 7.11 Å². The van der Waals surface area contributed by atoms with E-state index < -0.39 is 0 Å². The van der Waals surface area contributed by atoms with E-state index >= 15 is 0 Å². The van der Waals surface area contributed by atoms with Crippen LogP contribution in [0.15, 0.2) is 4.47 Å². The first-order valence-corrected chi connectivity index (χ1v) is 6.26. The second-order valence-electron chi connectivity index (χ2n) is 4.11. The Kier molecular flexibility index (Phi) is 4.57. The van der Waals surface area contributed by atoms with E-state index in [4.69, 9.17) is 4.74 Å². The zero-order valence-electron chi connectivity index (χ0n) is 10.9. The van der Waals surface area contributed by atoms with E-state index in [0.29, 0.717) is 6.54 Å². The van der Waals surface area contributed by atoms with Gasteiger partial charge in [-0.05, 0) is 37.5 Å². The molecular formula is C13H18BrNO2. The highest BCUT2D eigenvalue weighted by atomic mass is 79.9. The molecule has 0 radical (unpaired) electrons. The molecule has 1 amide bonds. The van der Waals surface area contributed by atoms with Crippen LogP contribution in [0.2, 0.25) is 0 Å². The molecule has 4 heteroatoms. The molecule has 1 aromatic carbocycles. The predicted molar refractivity (Wildman–Crippen MR) is 72.4 cm³/mol. The van der Waals surface area contributed by atoms with Gasteiger partial charge in [-0.25, -0.2) is 0 Å². The van der Waals surface area contributed by atoms with Crippen molar-refractivity contribution < 1.29 is 9.53 Å². The lowest BCUT2D eigenvalue weighted by Gasteiger charge is -2.19. The summed E-state index contributed by atoms with van der Waals surface area (Å²) < 4.78 is 6.53. The van der Waals surface area contributed by atoms with E-state index in [1.807, 2.05) is 13.8 Å². The molecule has 17 heavy (non-hydrogen) atoms. The number of methoxy groups -OCH3 is 1. The SMILES string of the molecule is COc1c(C)c(C)c(Br)c(C)c1CNC(C)=O. The van der Waals surface area contributed by atoms with E-state index in [1.54, 1.807) is 7.11 Å². The highest BCUT2D eigenvalue weighted by molar-refractivity contribution is 9.10. The zero-order valence-corrected chi connectivity index (χ0v) is 12.5. The first kappa shape index (κ1) is 14.0. The first-order chi connectivity index (χ1) is 7.90. The largest absolute Gasteiger partial charge is 0.496 e. The van der Waals surface area contributed by atoms with Gasteiger partial charge in [-0.15, -0.1) is 0 Å². The fourth-order valence-corrected chi connectivity index (χ4v) is 2.38. The molecule has 0 spiro atoms. The number of carbonyl (C=O) groups excluding carboxylic acids is 1. The molecule has 1 rings (SSSR count). The lowest BCUT2D eigenvalue weighted by atomic mass is 9.99. The van der Waals surface area contributed by atoms with Gasteiger partial charge in [0, 0.05) is 23.5 Å². The van der Waals surface area contributed by atoms with Crippen LogP contribution in [0.25, 0.3) is 0 Å². The van der Waals surface area contributed by atoms with E-state index in [1.165, 1.54) is 12.5 Å². The second-order valence-corrected chi connectivity index (χ2v) is 4.90. The standard InChI is InChI=1S/C13H18BrNO2/c1-7-8(2)13(17-5)11(6-15-10(4)16)9(3)12(7)14/h6H2,1-5H3,(H,15,16). The summed E-state index contributed by atoms with van der Waals surface area (Å²) in [6.07, 6.45) is 0. The normalized spacial score (nSPS) is 10.2. The lowest BCUT2D eigenvalue weighted by molar-refractivity contribution is -0.119. The third-order valence-corrected chi connectivity index (χ3v) is 4.20. The maximum absolute atomic E-state index is 11.0. The van der Waals surface area contributed by atoms with Gasteiger partial charge < -0.3 is 10.1 Å². The summed E-state index contributed by atoms with van der Waals surface area (Å²) in [7, 11) is 1.66. The summed E-state index contributed by atoms with van der Waals surface area (Å²) in [5.74, 6) is 0.817. The first-order valence-electron chi connectivity index (χ1n) is 5.46. The van der Waals surface area contributed by atoms with Crippen LogP contribution in [-0.4, -0.2) is 13.0 Å². The smallest absolute Gasteiger partial charge is 0.217 e. The van der Waals surface area contributed by atoms with Gasteiger partial charge >= 0.3 is 0 Å². The van der Waals surface area contributed by atoms with E-state index in [0.717, 1.165) is 26.9 Å². The molecule has 0 aliphatic heterocycles. The average molecular weight is 300 g/mol. The van der Waals surface area contributed by atoms with Gasteiger partial charge in [0.15, 0.2) is 0 Å². The van der Waals surface area contributed by atoms with E-state index in [2.05, 4.69) is 28.2 Å². The molecule has 0 saturated carbocycles. The Balaban J connectivity index is 3.31. The van der Waals surface area contributed by atoms with Crippen LogP contribution in [-0.2, 0) is 11.3 Å². The molecule has 0 aliphatic rings. The maximum Gasteiger partial charge on any atom is 0.217 e. The number of amides is 1. The Hall–Kier alpha value is -1.03. The minimum Gasteiger partial charge on any atom is -0.496 e. The molecule has 0 fully saturated rings. The molecular weight excluding hydrogens is 282 g/mol. The van der Waals surface area contributed by atoms with Crippen molar-refractivity contribution in [3.05, 3.63) is 26.7 Å². The van der Waals surface area contributed by atoms with E-state index in [-0.39, 0.29) is 5.91 Å². The summed E-state index contributed by atoms with van der Waals surface area (Å²) in [6, 6.07) is 0. The summed E-state index contributed by atoms with van der Waals surface area (Å²) in [5.41, 5.74) is 4.41. The minimum atomic E-state index is -0.0409. The minimum absolute atomic E-state index is 0.0409. The van der Waals surface area contributed by atoms with Gasteiger partial charge in [0.2, 0.25) is 5.91 Å². The van der Waals surface area contributed by atoms with Crippen LogP contribution in [0.4, 0.5) is 0 Å². The number of halogens is 1. The van der Waals surface area contributed by atoms with Crippen molar-refractivity contribution in [1.29, 1.82) is 0 Å². The predicted octanol–water partition coefficient (Wildman–Crippen LogP) is 3.02. The van der Waals surface area contributed by atoms with Gasteiger partial charge in [-0.3, -0.25) is 4.79 Å². The molecule has 94 valence electrons. The third-order valence-electron chi connectivity index (χ3n) is 3.01. The molecule has 0 bridgehead atoms. The number of hydrogen-bond acceptors (Lipinski definition) is 2. The van der Waals surface area contributed by atoms with Crippen LogP contribution < -0.4 is 10.1 Å². The molecule has 0 atom stereocenters. The molecule has 0 aliphatic carbocycles. The van der Waals surface area contributed by atoms with Crippen LogP contribution in [0.1, 0.15) is 29.2 Å². The number of rotatable bonds is 3. The average Bonchev–Trinajstić information content (AvgIpc) is 2.29. The lowest BCUT2D eigenvalue weighted by Crippen LogP contribution is -2.20. The summed E-state index contributed by atoms with van der Waals surface area (Å²) in [4.78, 5) is 11.0. The van der Waals surface area contributed by atoms with Crippen molar-refractivity contribution in [1.82, 2.24) is 5.32 Å². The second kappa shape index (κ2) is 5.54. The Morgan fingerprint density at radius 2 is 1.82 bits per heavy atom. The monoisotopic (exact) mass is 299 g/mol. The molecule has 0 heterocycles. The molecule has 0 aromatic heterocycles. The molecule has 1 N–H and O–H groups in total. The van der Waals surface area contributed by atoms with E-state index in [9.17, 15) is 4.79 Å². The number of hydrogen-bond donors (Lipinski definition) is 1. The Morgan fingerprint density at radius 3 is 2.29 bits per heavy atom. The van der Waals surface area contributed by atoms with Gasteiger partial charge in [0.25, 0.3) is 0 Å². The van der Waals surface area contributed by atoms with Crippen molar-refractivity contribution in [3.63, 3.8) is 0 Å². The highest BCUT2D eigenvalue weighted by Crippen LogP contribution is 2.35. The fourth-order valence-electron chi connectivity index (χ4n) is 1.85. The van der Waals surface area contributed by atoms with Crippen LogP contribution in [0, 0.1) is 20.8 Å². The third kappa shape index (κ3) is 2.80. The quantitative estimate of drug-likeness (QED) is 0.932. The van der Waals surface area contributed by atoms with Crippen molar-refractivity contribution >= 4 is 21.8 Å². The van der Waals surface area contributed by atoms with Gasteiger partial charge in [0.1, 0.15) is 5.75 Å².